The highest BCUT2D eigenvalue weighted by molar-refractivity contribution is 5.83. The van der Waals surface area contributed by atoms with E-state index in [1.165, 1.54) is 41.4 Å². The number of fused-ring (bicyclic) bond motifs is 3. The first kappa shape index (κ1) is 8.04. The van der Waals surface area contributed by atoms with E-state index in [-0.39, 0.29) is 0 Å². The molecular formula is C12H14N2. The van der Waals surface area contributed by atoms with E-state index in [1.54, 1.807) is 0 Å². The molecule has 0 aliphatic heterocycles. The van der Waals surface area contributed by atoms with Gasteiger partial charge in [0.25, 0.3) is 0 Å². The standard InChI is InChI=1S/C12H14N2/c1-8-2-3-9-10-7-13-5-4-11(10)14-12(9)6-8/h4-5,7-8,14H,2-3,6H2,1H3. The van der Waals surface area contributed by atoms with Crippen LogP contribution in [0.5, 0.6) is 0 Å². The van der Waals surface area contributed by atoms with Crippen LogP contribution in [0.2, 0.25) is 0 Å². The molecule has 2 heterocycles. The van der Waals surface area contributed by atoms with Crippen LogP contribution >= 0.6 is 0 Å². The summed E-state index contributed by atoms with van der Waals surface area (Å²) in [5, 5.41) is 1.33. The molecule has 1 aliphatic rings. The van der Waals surface area contributed by atoms with Gasteiger partial charge in [-0.25, -0.2) is 0 Å². The van der Waals surface area contributed by atoms with E-state index in [2.05, 4.69) is 23.0 Å². The lowest BCUT2D eigenvalue weighted by Crippen LogP contribution is -2.10. The molecule has 0 saturated carbocycles. The van der Waals surface area contributed by atoms with Gasteiger partial charge in [0.2, 0.25) is 0 Å². The third-order valence-corrected chi connectivity index (χ3v) is 3.24. The number of pyridine rings is 1. The highest BCUT2D eigenvalue weighted by atomic mass is 14.7. The Bertz CT molecular complexity index is 470. The molecule has 0 saturated heterocycles. The number of nitrogens with one attached hydrogen (secondary N) is 1. The van der Waals surface area contributed by atoms with Crippen molar-refractivity contribution in [3.8, 4) is 0 Å². The summed E-state index contributed by atoms with van der Waals surface area (Å²) >= 11 is 0. The van der Waals surface area contributed by atoms with Crippen LogP contribution in [0.4, 0.5) is 0 Å². The second-order valence-electron chi connectivity index (χ2n) is 4.35. The molecule has 0 amide bonds. The van der Waals surface area contributed by atoms with E-state index in [9.17, 15) is 0 Å². The average Bonchev–Trinajstić information content (AvgIpc) is 2.54. The SMILES string of the molecule is CC1CCc2c([nH]c3ccncc23)C1. The number of aryl methyl sites for hydroxylation is 1. The van der Waals surface area contributed by atoms with Gasteiger partial charge < -0.3 is 4.98 Å². The first-order valence-corrected chi connectivity index (χ1v) is 5.28. The second kappa shape index (κ2) is 2.84. The summed E-state index contributed by atoms with van der Waals surface area (Å²) in [6, 6.07) is 2.07. The Morgan fingerprint density at radius 2 is 2.43 bits per heavy atom. The van der Waals surface area contributed by atoms with Crippen LogP contribution in [0, 0.1) is 5.92 Å². The van der Waals surface area contributed by atoms with Crippen molar-refractivity contribution in [3.05, 3.63) is 29.7 Å². The molecule has 0 aromatic carbocycles. The summed E-state index contributed by atoms with van der Waals surface area (Å²) < 4.78 is 0. The van der Waals surface area contributed by atoms with Crippen LogP contribution in [0.3, 0.4) is 0 Å². The van der Waals surface area contributed by atoms with E-state index < -0.39 is 0 Å². The third kappa shape index (κ3) is 1.07. The van der Waals surface area contributed by atoms with Crippen molar-refractivity contribution in [1.82, 2.24) is 9.97 Å². The van der Waals surface area contributed by atoms with Crippen molar-refractivity contribution >= 4 is 10.9 Å². The van der Waals surface area contributed by atoms with E-state index >= 15 is 0 Å². The molecule has 2 nitrogen and oxygen atoms in total. The van der Waals surface area contributed by atoms with Crippen LogP contribution in [-0.4, -0.2) is 9.97 Å². The molecule has 2 heteroatoms. The van der Waals surface area contributed by atoms with Crippen molar-refractivity contribution in [1.29, 1.82) is 0 Å². The Hall–Kier alpha value is -1.31. The van der Waals surface area contributed by atoms with Crippen LogP contribution in [0.1, 0.15) is 24.6 Å². The first-order valence-electron chi connectivity index (χ1n) is 5.28. The fraction of sp³-hybridized carbons (Fsp3) is 0.417. The van der Waals surface area contributed by atoms with Crippen molar-refractivity contribution < 1.29 is 0 Å². The van der Waals surface area contributed by atoms with Gasteiger partial charge in [0.05, 0.1) is 0 Å². The van der Waals surface area contributed by atoms with Gasteiger partial charge in [-0.2, -0.15) is 0 Å². The molecular weight excluding hydrogens is 172 g/mol. The summed E-state index contributed by atoms with van der Waals surface area (Å²) in [4.78, 5) is 7.70. The zero-order chi connectivity index (χ0) is 9.54. The van der Waals surface area contributed by atoms with Gasteiger partial charge in [-0.15, -0.1) is 0 Å². The van der Waals surface area contributed by atoms with E-state index in [1.807, 2.05) is 12.4 Å². The number of hydrogen-bond acceptors (Lipinski definition) is 1. The number of H-pyrrole nitrogens is 1. The lowest BCUT2D eigenvalue weighted by atomic mass is 9.88. The minimum absolute atomic E-state index is 0.823. The summed E-state index contributed by atoms with van der Waals surface area (Å²) in [6.07, 6.45) is 7.56. The largest absolute Gasteiger partial charge is 0.358 e. The molecule has 0 bridgehead atoms. The van der Waals surface area contributed by atoms with Crippen molar-refractivity contribution in [3.63, 3.8) is 0 Å². The molecule has 0 spiro atoms. The Labute approximate surface area is 83.4 Å². The molecule has 2 aromatic heterocycles. The van der Waals surface area contributed by atoms with E-state index in [0.29, 0.717) is 0 Å². The zero-order valence-electron chi connectivity index (χ0n) is 8.38. The van der Waals surface area contributed by atoms with Gasteiger partial charge in [0.15, 0.2) is 0 Å². The van der Waals surface area contributed by atoms with Gasteiger partial charge in [-0.3, -0.25) is 4.98 Å². The van der Waals surface area contributed by atoms with Gasteiger partial charge in [-0.1, -0.05) is 6.92 Å². The average molecular weight is 186 g/mol. The molecule has 1 unspecified atom stereocenters. The molecule has 0 fully saturated rings. The molecule has 0 radical (unpaired) electrons. The summed E-state index contributed by atoms with van der Waals surface area (Å²) in [7, 11) is 0. The Morgan fingerprint density at radius 1 is 1.50 bits per heavy atom. The molecule has 1 aliphatic carbocycles. The van der Waals surface area contributed by atoms with Crippen LogP contribution in [-0.2, 0) is 12.8 Å². The minimum atomic E-state index is 0.823. The van der Waals surface area contributed by atoms with E-state index in [4.69, 9.17) is 0 Å². The van der Waals surface area contributed by atoms with Crippen molar-refractivity contribution in [2.45, 2.75) is 26.2 Å². The molecule has 3 rings (SSSR count). The molecule has 1 atom stereocenters. The molecule has 72 valence electrons. The van der Waals surface area contributed by atoms with Gasteiger partial charge in [0, 0.05) is 29.0 Å². The van der Waals surface area contributed by atoms with Crippen LogP contribution in [0.25, 0.3) is 10.9 Å². The predicted octanol–water partition coefficient (Wildman–Crippen LogP) is 2.69. The maximum Gasteiger partial charge on any atom is 0.0490 e. The monoisotopic (exact) mass is 186 g/mol. The third-order valence-electron chi connectivity index (χ3n) is 3.24. The highest BCUT2D eigenvalue weighted by Gasteiger charge is 2.19. The number of aromatic amines is 1. The Kier molecular flexibility index (Phi) is 1.63. The quantitative estimate of drug-likeness (QED) is 0.673. The van der Waals surface area contributed by atoms with Crippen molar-refractivity contribution in [2.75, 3.05) is 0 Å². The Morgan fingerprint density at radius 3 is 3.36 bits per heavy atom. The summed E-state index contributed by atoms with van der Waals surface area (Å²) in [6.45, 7) is 2.33. The summed E-state index contributed by atoms with van der Waals surface area (Å²) in [5.74, 6) is 0.823. The van der Waals surface area contributed by atoms with Crippen LogP contribution < -0.4 is 0 Å². The Balaban J connectivity index is 2.24. The lowest BCUT2D eigenvalue weighted by molar-refractivity contribution is 0.497. The predicted molar refractivity (Wildman–Crippen MR) is 57.3 cm³/mol. The number of aromatic nitrogens is 2. The van der Waals surface area contributed by atoms with Crippen molar-refractivity contribution in [2.24, 2.45) is 5.92 Å². The molecule has 2 aromatic rings. The van der Waals surface area contributed by atoms with Crippen LogP contribution in [0.15, 0.2) is 18.5 Å². The zero-order valence-corrected chi connectivity index (χ0v) is 8.38. The summed E-state index contributed by atoms with van der Waals surface area (Å²) in [5.41, 5.74) is 4.19. The number of rotatable bonds is 0. The highest BCUT2D eigenvalue weighted by Crippen LogP contribution is 2.30. The number of hydrogen-bond donors (Lipinski definition) is 1. The van der Waals surface area contributed by atoms with Gasteiger partial charge in [-0.05, 0) is 36.8 Å². The first-order chi connectivity index (χ1) is 6.84. The molecule has 14 heavy (non-hydrogen) atoms. The lowest BCUT2D eigenvalue weighted by Gasteiger charge is -2.17. The normalized spacial score (nSPS) is 21.1. The number of nitrogens with zero attached hydrogens (tertiary/aromatic N) is 1. The maximum absolute atomic E-state index is 4.19. The maximum atomic E-state index is 4.19. The smallest absolute Gasteiger partial charge is 0.0490 e. The van der Waals surface area contributed by atoms with Gasteiger partial charge >= 0.3 is 0 Å². The molecule has 1 N–H and O–H groups in total. The van der Waals surface area contributed by atoms with Gasteiger partial charge in [0.1, 0.15) is 0 Å². The minimum Gasteiger partial charge on any atom is -0.358 e. The fourth-order valence-corrected chi connectivity index (χ4v) is 2.45. The topological polar surface area (TPSA) is 28.7 Å². The second-order valence-corrected chi connectivity index (χ2v) is 4.35. The van der Waals surface area contributed by atoms with E-state index in [0.717, 1.165) is 5.92 Å². The fourth-order valence-electron chi connectivity index (χ4n) is 2.45.